The predicted octanol–water partition coefficient (Wildman–Crippen LogP) is 3.59. The van der Waals surface area contributed by atoms with Crippen molar-refractivity contribution in [2.75, 3.05) is 19.6 Å². The molecule has 2 aromatic carbocycles. The molecular formula is C24H21F3N4O3. The first kappa shape index (κ1) is 23.2. The minimum absolute atomic E-state index is 0.0275. The van der Waals surface area contributed by atoms with E-state index in [2.05, 4.69) is 10.3 Å². The summed E-state index contributed by atoms with van der Waals surface area (Å²) >= 11 is 0. The van der Waals surface area contributed by atoms with Crippen molar-refractivity contribution in [2.24, 2.45) is 5.73 Å². The van der Waals surface area contributed by atoms with Crippen molar-refractivity contribution in [1.82, 2.24) is 15.2 Å². The number of halogens is 3. The Hall–Kier alpha value is -3.92. The molecule has 3 N–H and O–H groups in total. The van der Waals surface area contributed by atoms with Gasteiger partial charge in [-0.3, -0.25) is 14.5 Å². The summed E-state index contributed by atoms with van der Waals surface area (Å²) in [5.41, 5.74) is 5.94. The number of carbonyl (C=O) groups excluding carboxylic acids is 2. The Morgan fingerprint density at radius 1 is 1.09 bits per heavy atom. The fourth-order valence-corrected chi connectivity index (χ4v) is 3.67. The van der Waals surface area contributed by atoms with E-state index in [4.69, 9.17) is 10.5 Å². The molecular weight excluding hydrogens is 449 g/mol. The van der Waals surface area contributed by atoms with Crippen LogP contribution in [0.4, 0.5) is 13.2 Å². The lowest BCUT2D eigenvalue weighted by atomic mass is 10.1. The average molecular weight is 470 g/mol. The van der Waals surface area contributed by atoms with Crippen LogP contribution in [0.25, 0.3) is 11.3 Å². The molecule has 1 aromatic heterocycles. The number of ether oxygens (including phenoxy) is 1. The lowest BCUT2D eigenvalue weighted by Crippen LogP contribution is -2.47. The van der Waals surface area contributed by atoms with Crippen LogP contribution in [0.15, 0.2) is 60.7 Å². The van der Waals surface area contributed by atoms with Gasteiger partial charge in [0.05, 0.1) is 17.8 Å². The number of piperazine rings is 1. The zero-order valence-corrected chi connectivity index (χ0v) is 17.9. The smallest absolute Gasteiger partial charge is 0.416 e. The lowest BCUT2D eigenvalue weighted by Gasteiger charge is -2.27. The fourth-order valence-electron chi connectivity index (χ4n) is 3.67. The number of alkyl halides is 3. The summed E-state index contributed by atoms with van der Waals surface area (Å²) in [6, 6.07) is 15.3. The van der Waals surface area contributed by atoms with Crippen molar-refractivity contribution in [3.8, 4) is 22.8 Å². The van der Waals surface area contributed by atoms with Gasteiger partial charge in [0.2, 0.25) is 5.91 Å². The Bertz CT molecular complexity index is 1210. The second-order valence-electron chi connectivity index (χ2n) is 7.78. The zero-order chi connectivity index (χ0) is 24.3. The van der Waals surface area contributed by atoms with Crippen LogP contribution in [0, 0.1) is 0 Å². The number of nitrogens with zero attached hydrogens (tertiary/aromatic N) is 2. The normalized spacial score (nSPS) is 14.5. The van der Waals surface area contributed by atoms with Crippen LogP contribution in [0.5, 0.6) is 11.5 Å². The molecule has 3 aromatic rings. The van der Waals surface area contributed by atoms with Crippen molar-refractivity contribution >= 4 is 11.8 Å². The first-order valence-corrected chi connectivity index (χ1v) is 10.4. The topological polar surface area (TPSA) is 97.5 Å². The third-order valence-corrected chi connectivity index (χ3v) is 5.28. The molecule has 34 heavy (non-hydrogen) atoms. The number of benzene rings is 2. The summed E-state index contributed by atoms with van der Waals surface area (Å²) in [6.07, 6.45) is -4.53. The predicted molar refractivity (Wildman–Crippen MR) is 118 cm³/mol. The molecule has 0 spiro atoms. The number of rotatable bonds is 6. The number of pyridine rings is 1. The molecule has 0 atom stereocenters. The minimum Gasteiger partial charge on any atom is -0.457 e. The molecule has 4 rings (SSSR count). The van der Waals surface area contributed by atoms with E-state index >= 15 is 0 Å². The second kappa shape index (κ2) is 9.52. The van der Waals surface area contributed by atoms with Crippen LogP contribution in [-0.2, 0) is 17.5 Å². The van der Waals surface area contributed by atoms with Gasteiger partial charge in [0.15, 0.2) is 0 Å². The van der Waals surface area contributed by atoms with Crippen LogP contribution in [-0.4, -0.2) is 41.3 Å². The maximum atomic E-state index is 13.5. The van der Waals surface area contributed by atoms with E-state index < -0.39 is 17.6 Å². The molecule has 7 nitrogen and oxygen atoms in total. The van der Waals surface area contributed by atoms with E-state index in [9.17, 15) is 22.8 Å². The van der Waals surface area contributed by atoms with E-state index in [0.717, 1.165) is 6.07 Å². The molecule has 1 aliphatic heterocycles. The number of carbonyl (C=O) groups is 2. The Labute approximate surface area is 193 Å². The maximum absolute atomic E-state index is 13.5. The molecule has 0 aliphatic carbocycles. The van der Waals surface area contributed by atoms with Crippen LogP contribution in [0.1, 0.15) is 21.6 Å². The quantitative estimate of drug-likeness (QED) is 0.574. The summed E-state index contributed by atoms with van der Waals surface area (Å²) in [5.74, 6) is -0.197. The molecule has 1 aliphatic rings. The van der Waals surface area contributed by atoms with Gasteiger partial charge in [-0.25, -0.2) is 4.98 Å². The van der Waals surface area contributed by atoms with Crippen LogP contribution in [0.3, 0.4) is 0 Å². The van der Waals surface area contributed by atoms with Gasteiger partial charge >= 0.3 is 6.18 Å². The van der Waals surface area contributed by atoms with Crippen molar-refractivity contribution < 1.29 is 27.5 Å². The van der Waals surface area contributed by atoms with Gasteiger partial charge < -0.3 is 15.8 Å². The molecule has 2 amide bonds. The Balaban J connectivity index is 1.54. The third kappa shape index (κ3) is 5.52. The van der Waals surface area contributed by atoms with Gasteiger partial charge in [0, 0.05) is 25.2 Å². The molecule has 0 radical (unpaired) electrons. The first-order chi connectivity index (χ1) is 16.2. The van der Waals surface area contributed by atoms with Gasteiger partial charge in [-0.2, -0.15) is 13.2 Å². The maximum Gasteiger partial charge on any atom is 0.416 e. The largest absolute Gasteiger partial charge is 0.457 e. The second-order valence-corrected chi connectivity index (χ2v) is 7.78. The van der Waals surface area contributed by atoms with Crippen LogP contribution >= 0.6 is 0 Å². The van der Waals surface area contributed by atoms with Crippen LogP contribution in [0.2, 0.25) is 0 Å². The van der Waals surface area contributed by atoms with Gasteiger partial charge in [-0.05, 0) is 60.2 Å². The molecule has 0 saturated carbocycles. The standard InChI is InChI=1S/C24H21F3N4O3/c25-24(26,27)19-9-8-18(12-16(19)13-31-11-10-29-22(32)14-31)34-17-6-4-15(5-7-17)20-2-1-3-21(30-20)23(28)33/h1-9,12H,10-11,13-14H2,(H2,28,33)(H,29,32). The number of nitrogens with one attached hydrogen (secondary N) is 1. The molecule has 0 unspecified atom stereocenters. The molecule has 10 heteroatoms. The molecule has 176 valence electrons. The Morgan fingerprint density at radius 2 is 1.82 bits per heavy atom. The van der Waals surface area contributed by atoms with E-state index in [0.29, 0.717) is 30.1 Å². The Kier molecular flexibility index (Phi) is 6.51. The summed E-state index contributed by atoms with van der Waals surface area (Å²) in [7, 11) is 0. The van der Waals surface area contributed by atoms with E-state index in [1.165, 1.54) is 18.2 Å². The van der Waals surface area contributed by atoms with Gasteiger partial charge in [-0.1, -0.05) is 6.07 Å². The fraction of sp³-hybridized carbons (Fsp3) is 0.208. The van der Waals surface area contributed by atoms with Crippen molar-refractivity contribution in [3.05, 3.63) is 77.5 Å². The Morgan fingerprint density at radius 3 is 2.50 bits per heavy atom. The van der Waals surface area contributed by atoms with Crippen LogP contribution < -0.4 is 15.8 Å². The minimum atomic E-state index is -4.53. The highest BCUT2D eigenvalue weighted by Gasteiger charge is 2.34. The average Bonchev–Trinajstić information content (AvgIpc) is 2.79. The van der Waals surface area contributed by atoms with E-state index in [1.807, 2.05) is 0 Å². The van der Waals surface area contributed by atoms with Crippen molar-refractivity contribution in [2.45, 2.75) is 12.7 Å². The molecule has 2 heterocycles. The highest BCUT2D eigenvalue weighted by atomic mass is 19.4. The van der Waals surface area contributed by atoms with E-state index in [1.54, 1.807) is 41.3 Å². The van der Waals surface area contributed by atoms with Gasteiger partial charge in [0.1, 0.15) is 17.2 Å². The highest BCUT2D eigenvalue weighted by Crippen LogP contribution is 2.35. The number of hydrogen-bond donors (Lipinski definition) is 2. The van der Waals surface area contributed by atoms with E-state index in [-0.39, 0.29) is 36.0 Å². The lowest BCUT2D eigenvalue weighted by molar-refractivity contribution is -0.138. The molecule has 1 saturated heterocycles. The number of aromatic nitrogens is 1. The molecule has 0 bridgehead atoms. The van der Waals surface area contributed by atoms with Gasteiger partial charge in [0.25, 0.3) is 5.91 Å². The molecule has 1 fully saturated rings. The summed E-state index contributed by atoms with van der Waals surface area (Å²) in [4.78, 5) is 28.8. The monoisotopic (exact) mass is 470 g/mol. The number of nitrogens with two attached hydrogens (primary N) is 1. The SMILES string of the molecule is NC(=O)c1cccc(-c2ccc(Oc3ccc(C(F)(F)F)c(CN4CCNC(=O)C4)c3)cc2)n1. The number of amides is 2. The zero-order valence-electron chi connectivity index (χ0n) is 17.9. The first-order valence-electron chi connectivity index (χ1n) is 10.4. The van der Waals surface area contributed by atoms with Gasteiger partial charge in [-0.15, -0.1) is 0 Å². The van der Waals surface area contributed by atoms with Crippen molar-refractivity contribution in [3.63, 3.8) is 0 Å². The summed E-state index contributed by atoms with van der Waals surface area (Å²) in [5, 5.41) is 2.66. The highest BCUT2D eigenvalue weighted by molar-refractivity contribution is 5.91. The summed E-state index contributed by atoms with van der Waals surface area (Å²) < 4.78 is 46.4. The number of primary amides is 1. The van der Waals surface area contributed by atoms with Crippen molar-refractivity contribution in [1.29, 1.82) is 0 Å². The summed E-state index contributed by atoms with van der Waals surface area (Å²) in [6.45, 7) is 0.857. The third-order valence-electron chi connectivity index (χ3n) is 5.28. The number of hydrogen-bond acceptors (Lipinski definition) is 5.